The van der Waals surface area contributed by atoms with Crippen molar-refractivity contribution in [2.75, 3.05) is 5.75 Å². The average Bonchev–Trinajstić information content (AvgIpc) is 2.55. The molecule has 2 nitrogen and oxygen atoms in total. The maximum absolute atomic E-state index is 4.63. The van der Waals surface area contributed by atoms with Crippen LogP contribution in [0.2, 0.25) is 0 Å². The van der Waals surface area contributed by atoms with Gasteiger partial charge in [0.05, 0.1) is 10.2 Å². The van der Waals surface area contributed by atoms with E-state index in [2.05, 4.69) is 74.0 Å². The van der Waals surface area contributed by atoms with Gasteiger partial charge in [0.15, 0.2) is 10.5 Å². The highest BCUT2D eigenvalue weighted by Gasteiger charge is 2.34. The van der Waals surface area contributed by atoms with Crippen LogP contribution in [0.4, 0.5) is 0 Å². The molecule has 0 saturated carbocycles. The predicted molar refractivity (Wildman–Crippen MR) is 90.0 cm³/mol. The molecule has 2 aromatic carbocycles. The SMILES string of the molecule is BrC1CSc2c3ccccc3nc[n+]2C1c1ccccc1.[Br-]. The number of thioether (sulfide) groups is 1. The maximum atomic E-state index is 4.63. The Bertz CT molecular complexity index is 795. The first-order chi connectivity index (χ1) is 10.3. The summed E-state index contributed by atoms with van der Waals surface area (Å²) >= 11 is 5.76. The third-order valence-corrected chi connectivity index (χ3v) is 6.34. The van der Waals surface area contributed by atoms with E-state index in [0.717, 1.165) is 11.3 Å². The van der Waals surface area contributed by atoms with Crippen LogP contribution in [0.3, 0.4) is 0 Å². The molecular formula is C17H14Br2N2S. The van der Waals surface area contributed by atoms with Crippen LogP contribution in [0.25, 0.3) is 10.9 Å². The molecule has 0 N–H and O–H groups in total. The number of nitrogens with zero attached hydrogens (tertiary/aromatic N) is 2. The van der Waals surface area contributed by atoms with Crippen LogP contribution in [-0.4, -0.2) is 15.6 Å². The van der Waals surface area contributed by atoms with E-state index in [0.29, 0.717) is 10.9 Å². The molecule has 112 valence electrons. The molecule has 0 fully saturated rings. The molecule has 4 rings (SSSR count). The van der Waals surface area contributed by atoms with E-state index < -0.39 is 0 Å². The van der Waals surface area contributed by atoms with Crippen molar-refractivity contribution < 1.29 is 21.5 Å². The second-order valence-corrected chi connectivity index (χ2v) is 7.34. The van der Waals surface area contributed by atoms with Crippen molar-refractivity contribution in [3.63, 3.8) is 0 Å². The Morgan fingerprint density at radius 1 is 1.05 bits per heavy atom. The second-order valence-electron chi connectivity index (χ2n) is 5.16. The van der Waals surface area contributed by atoms with Gasteiger partial charge in [-0.3, -0.25) is 0 Å². The van der Waals surface area contributed by atoms with Gasteiger partial charge in [-0.05, 0) is 22.7 Å². The summed E-state index contributed by atoms with van der Waals surface area (Å²) < 4.78 is 2.31. The van der Waals surface area contributed by atoms with Crippen molar-refractivity contribution in [2.45, 2.75) is 15.9 Å². The first-order valence-corrected chi connectivity index (χ1v) is 8.85. The van der Waals surface area contributed by atoms with Crippen molar-refractivity contribution >= 4 is 38.6 Å². The van der Waals surface area contributed by atoms with Gasteiger partial charge in [-0.25, -0.2) is 4.57 Å². The number of alkyl halides is 1. The Balaban J connectivity index is 0.00000144. The molecular weight excluding hydrogens is 424 g/mol. The predicted octanol–water partition coefficient (Wildman–Crippen LogP) is 0.985. The second kappa shape index (κ2) is 6.69. The van der Waals surface area contributed by atoms with E-state index in [9.17, 15) is 0 Å². The van der Waals surface area contributed by atoms with E-state index in [1.165, 1.54) is 16.0 Å². The molecule has 0 bridgehead atoms. The molecule has 0 spiro atoms. The number of rotatable bonds is 1. The number of hydrogen-bond donors (Lipinski definition) is 0. The van der Waals surface area contributed by atoms with Crippen LogP contribution in [0.15, 0.2) is 66.0 Å². The summed E-state index contributed by atoms with van der Waals surface area (Å²) in [6.45, 7) is 0. The lowest BCUT2D eigenvalue weighted by Crippen LogP contribution is -3.00. The molecule has 5 heteroatoms. The zero-order valence-corrected chi connectivity index (χ0v) is 15.7. The largest absolute Gasteiger partial charge is 1.00 e. The minimum Gasteiger partial charge on any atom is -1.00 e. The zero-order valence-electron chi connectivity index (χ0n) is 11.7. The van der Waals surface area contributed by atoms with Gasteiger partial charge in [0.2, 0.25) is 0 Å². The highest BCUT2D eigenvalue weighted by Crippen LogP contribution is 2.36. The Hall–Kier alpha value is -0.910. The fourth-order valence-corrected chi connectivity index (χ4v) is 4.97. The first kappa shape index (κ1) is 16.0. The summed E-state index contributed by atoms with van der Waals surface area (Å²) in [5, 5.41) is 2.55. The topological polar surface area (TPSA) is 16.8 Å². The number of fused-ring (bicyclic) bond motifs is 3. The fraction of sp³-hybridized carbons (Fsp3) is 0.176. The van der Waals surface area contributed by atoms with Gasteiger partial charge in [0.1, 0.15) is 6.04 Å². The van der Waals surface area contributed by atoms with Crippen LogP contribution >= 0.6 is 27.7 Å². The molecule has 0 saturated heterocycles. The lowest BCUT2D eigenvalue weighted by Gasteiger charge is -2.27. The van der Waals surface area contributed by atoms with E-state index in [1.807, 2.05) is 24.2 Å². The van der Waals surface area contributed by atoms with Gasteiger partial charge in [-0.2, -0.15) is 0 Å². The fourth-order valence-electron chi connectivity index (χ4n) is 2.88. The Kier molecular flexibility index (Phi) is 4.85. The van der Waals surface area contributed by atoms with Gasteiger partial charge in [-0.15, -0.1) is 0 Å². The van der Waals surface area contributed by atoms with Crippen LogP contribution in [0.1, 0.15) is 11.6 Å². The highest BCUT2D eigenvalue weighted by atomic mass is 79.9. The smallest absolute Gasteiger partial charge is 0.288 e. The molecule has 0 amide bonds. The molecule has 3 aromatic rings. The molecule has 2 heterocycles. The number of para-hydroxylation sites is 1. The quantitative estimate of drug-likeness (QED) is 0.320. The van der Waals surface area contributed by atoms with Crippen LogP contribution in [0, 0.1) is 0 Å². The monoisotopic (exact) mass is 436 g/mol. The third-order valence-electron chi connectivity index (χ3n) is 3.85. The Labute approximate surface area is 152 Å². The maximum Gasteiger partial charge on any atom is 0.288 e. The van der Waals surface area contributed by atoms with Gasteiger partial charge < -0.3 is 17.0 Å². The molecule has 1 aliphatic rings. The minimum absolute atomic E-state index is 0. The van der Waals surface area contributed by atoms with E-state index in [4.69, 9.17) is 0 Å². The van der Waals surface area contributed by atoms with Crippen LogP contribution in [0.5, 0.6) is 0 Å². The standard InChI is InChI=1S/C17H14BrN2S.BrH/c18-14-10-21-17-13-8-4-5-9-15(13)19-11-20(17)16(14)12-6-2-1-3-7-12;/h1-9,11,14,16H,10H2;1H/q+1;/p-1. The molecule has 22 heavy (non-hydrogen) atoms. The summed E-state index contributed by atoms with van der Waals surface area (Å²) in [6.07, 6.45) is 1.98. The Morgan fingerprint density at radius 3 is 2.59 bits per heavy atom. The van der Waals surface area contributed by atoms with Crippen LogP contribution < -0.4 is 21.5 Å². The third kappa shape index (κ3) is 2.70. The summed E-state index contributed by atoms with van der Waals surface area (Å²) in [7, 11) is 0. The van der Waals surface area contributed by atoms with Crippen molar-refractivity contribution in [2.24, 2.45) is 0 Å². The molecule has 0 aliphatic carbocycles. The van der Waals surface area contributed by atoms with Gasteiger partial charge in [0.25, 0.3) is 6.33 Å². The van der Waals surface area contributed by atoms with E-state index >= 15 is 0 Å². The van der Waals surface area contributed by atoms with Crippen molar-refractivity contribution in [3.05, 3.63) is 66.5 Å². The number of halogens is 2. The number of benzene rings is 2. The highest BCUT2D eigenvalue weighted by molar-refractivity contribution is 9.09. The van der Waals surface area contributed by atoms with Crippen LogP contribution in [-0.2, 0) is 0 Å². The first-order valence-electron chi connectivity index (χ1n) is 6.95. The molecule has 1 aromatic heterocycles. The lowest BCUT2D eigenvalue weighted by molar-refractivity contribution is -0.749. The molecule has 0 radical (unpaired) electrons. The van der Waals surface area contributed by atoms with Crippen molar-refractivity contribution in [1.29, 1.82) is 0 Å². The van der Waals surface area contributed by atoms with Gasteiger partial charge in [0, 0.05) is 5.75 Å². The summed E-state index contributed by atoms with van der Waals surface area (Å²) in [5.74, 6) is 1.06. The summed E-state index contributed by atoms with van der Waals surface area (Å²) in [5.41, 5.74) is 2.39. The lowest BCUT2D eigenvalue weighted by atomic mass is 10.0. The molecule has 2 atom stereocenters. The van der Waals surface area contributed by atoms with Crippen molar-refractivity contribution in [3.8, 4) is 0 Å². The van der Waals surface area contributed by atoms with Crippen molar-refractivity contribution in [1.82, 2.24) is 4.98 Å². The summed E-state index contributed by atoms with van der Waals surface area (Å²) in [4.78, 5) is 5.04. The summed E-state index contributed by atoms with van der Waals surface area (Å²) in [6, 6.07) is 19.3. The van der Waals surface area contributed by atoms with E-state index in [-0.39, 0.29) is 17.0 Å². The molecule has 1 aliphatic heterocycles. The average molecular weight is 438 g/mol. The number of aromatic nitrogens is 2. The van der Waals surface area contributed by atoms with Gasteiger partial charge >= 0.3 is 0 Å². The molecule has 2 unspecified atom stereocenters. The Morgan fingerprint density at radius 2 is 1.77 bits per heavy atom. The zero-order chi connectivity index (χ0) is 14.2. The minimum atomic E-state index is 0. The number of hydrogen-bond acceptors (Lipinski definition) is 2. The van der Waals surface area contributed by atoms with Gasteiger partial charge in [-0.1, -0.05) is 70.2 Å². The van der Waals surface area contributed by atoms with E-state index in [1.54, 1.807) is 0 Å². The normalized spacial score (nSPS) is 20.2.